The Morgan fingerprint density at radius 2 is 1.68 bits per heavy atom. The summed E-state index contributed by atoms with van der Waals surface area (Å²) in [6, 6.07) is 17.7. The highest BCUT2D eigenvalue weighted by Gasteiger charge is 2.10. The van der Waals surface area contributed by atoms with E-state index in [9.17, 15) is 0 Å². The summed E-state index contributed by atoms with van der Waals surface area (Å²) in [6.07, 6.45) is 11.5. The van der Waals surface area contributed by atoms with Gasteiger partial charge >= 0.3 is 0 Å². The molecule has 1 aliphatic heterocycles. The molecule has 5 nitrogen and oxygen atoms in total. The largest absolute Gasteiger partial charge is 0.457 e. The SMILES string of the molecule is C=C/C=C(\C=C)CN(C)c1cc(C=C)c2cc(Oc3ccccc3)ccc2n1.CCCN(C)C.CN1CCCC1. The van der Waals surface area contributed by atoms with Crippen LogP contribution in [0.5, 0.6) is 11.5 Å². The molecule has 0 radical (unpaired) electrons. The Kier molecular flexibility index (Phi) is 14.5. The number of fused-ring (bicyclic) bond motifs is 1. The third-order valence-electron chi connectivity index (χ3n) is 6.40. The third-order valence-corrected chi connectivity index (χ3v) is 6.40. The van der Waals surface area contributed by atoms with Crippen molar-refractivity contribution in [3.8, 4) is 11.5 Å². The average molecular weight is 541 g/mol. The summed E-state index contributed by atoms with van der Waals surface area (Å²) in [4.78, 5) is 11.4. The number of hydrogen-bond acceptors (Lipinski definition) is 5. The van der Waals surface area contributed by atoms with Crippen LogP contribution in [0.4, 0.5) is 5.82 Å². The van der Waals surface area contributed by atoms with Gasteiger partial charge in [-0.15, -0.1) is 0 Å². The highest BCUT2D eigenvalue weighted by molar-refractivity contribution is 5.90. The lowest BCUT2D eigenvalue weighted by Crippen LogP contribution is -2.21. The number of para-hydroxylation sites is 1. The molecule has 0 amide bonds. The maximum Gasteiger partial charge on any atom is 0.129 e. The molecule has 3 aromatic rings. The second-order valence-corrected chi connectivity index (χ2v) is 10.2. The van der Waals surface area contributed by atoms with Crippen LogP contribution in [-0.4, -0.2) is 69.2 Å². The molecule has 0 N–H and O–H groups in total. The lowest BCUT2D eigenvalue weighted by atomic mass is 10.1. The van der Waals surface area contributed by atoms with Crippen LogP contribution in [0.1, 0.15) is 31.7 Å². The molecule has 1 aliphatic rings. The summed E-state index contributed by atoms with van der Waals surface area (Å²) in [5.74, 6) is 2.45. The molecule has 40 heavy (non-hydrogen) atoms. The molecule has 1 saturated heterocycles. The molecule has 0 saturated carbocycles. The molecule has 214 valence electrons. The van der Waals surface area contributed by atoms with Gasteiger partial charge in [-0.25, -0.2) is 4.98 Å². The summed E-state index contributed by atoms with van der Waals surface area (Å²) in [6.45, 7) is 18.3. The van der Waals surface area contributed by atoms with Crippen molar-refractivity contribution in [1.82, 2.24) is 14.8 Å². The Morgan fingerprint density at radius 3 is 2.17 bits per heavy atom. The van der Waals surface area contributed by atoms with Gasteiger partial charge in [0.1, 0.15) is 17.3 Å². The number of likely N-dealkylation sites (tertiary alicyclic amines) is 1. The van der Waals surface area contributed by atoms with Gasteiger partial charge in [0.05, 0.1) is 5.52 Å². The van der Waals surface area contributed by atoms with E-state index in [1.165, 1.54) is 38.9 Å². The van der Waals surface area contributed by atoms with Crippen molar-refractivity contribution in [3.05, 3.63) is 104 Å². The van der Waals surface area contributed by atoms with Crippen LogP contribution >= 0.6 is 0 Å². The molecule has 0 spiro atoms. The average Bonchev–Trinajstić information content (AvgIpc) is 3.44. The molecule has 0 bridgehead atoms. The van der Waals surface area contributed by atoms with Crippen molar-refractivity contribution in [3.63, 3.8) is 0 Å². The molecule has 2 aromatic carbocycles. The molecule has 1 fully saturated rings. The van der Waals surface area contributed by atoms with Crippen LogP contribution in [0.15, 0.2) is 98.1 Å². The predicted octanol–water partition coefficient (Wildman–Crippen LogP) is 8.07. The number of anilines is 1. The highest BCUT2D eigenvalue weighted by atomic mass is 16.5. The van der Waals surface area contributed by atoms with Gasteiger partial charge < -0.3 is 19.4 Å². The van der Waals surface area contributed by atoms with Gasteiger partial charge in [0, 0.05) is 19.0 Å². The summed E-state index contributed by atoms with van der Waals surface area (Å²) in [7, 11) is 8.36. The van der Waals surface area contributed by atoms with Gasteiger partial charge in [-0.1, -0.05) is 69.2 Å². The predicted molar refractivity (Wildman–Crippen MR) is 176 cm³/mol. The molecule has 5 heteroatoms. The Bertz CT molecular complexity index is 1230. The zero-order chi connectivity index (χ0) is 29.3. The van der Waals surface area contributed by atoms with Gasteiger partial charge in [0.15, 0.2) is 0 Å². The van der Waals surface area contributed by atoms with E-state index in [-0.39, 0.29) is 0 Å². The fourth-order valence-corrected chi connectivity index (χ4v) is 4.28. The summed E-state index contributed by atoms with van der Waals surface area (Å²) < 4.78 is 5.96. The zero-order valence-electron chi connectivity index (χ0n) is 25.3. The van der Waals surface area contributed by atoms with Crippen LogP contribution in [0.3, 0.4) is 0 Å². The smallest absolute Gasteiger partial charge is 0.129 e. The summed E-state index contributed by atoms with van der Waals surface area (Å²) in [5.41, 5.74) is 2.98. The topological polar surface area (TPSA) is 31.8 Å². The van der Waals surface area contributed by atoms with Crippen LogP contribution < -0.4 is 9.64 Å². The molecule has 2 heterocycles. The number of nitrogens with zero attached hydrogens (tertiary/aromatic N) is 4. The van der Waals surface area contributed by atoms with Crippen LogP contribution in [-0.2, 0) is 0 Å². The van der Waals surface area contributed by atoms with E-state index in [0.29, 0.717) is 6.54 Å². The van der Waals surface area contributed by atoms with E-state index in [1.54, 1.807) is 6.08 Å². The molecule has 0 unspecified atom stereocenters. The number of hydrogen-bond donors (Lipinski definition) is 0. The van der Waals surface area contributed by atoms with Crippen molar-refractivity contribution in [2.75, 3.05) is 59.3 Å². The molecule has 1 aromatic heterocycles. The Labute approximate surface area is 242 Å². The van der Waals surface area contributed by atoms with Crippen LogP contribution in [0.25, 0.3) is 17.0 Å². The first-order valence-electron chi connectivity index (χ1n) is 14.1. The molecular formula is C35H48N4O. The maximum atomic E-state index is 5.96. The first kappa shape index (κ1) is 32.5. The van der Waals surface area contributed by atoms with E-state index in [4.69, 9.17) is 9.72 Å². The summed E-state index contributed by atoms with van der Waals surface area (Å²) in [5, 5.41) is 1.01. The number of pyridine rings is 1. The summed E-state index contributed by atoms with van der Waals surface area (Å²) >= 11 is 0. The van der Waals surface area contributed by atoms with Gasteiger partial charge in [-0.2, -0.15) is 0 Å². The van der Waals surface area contributed by atoms with E-state index in [1.807, 2.05) is 79.9 Å². The lowest BCUT2D eigenvalue weighted by Gasteiger charge is -2.20. The Hall–Kier alpha value is -3.67. The number of benzene rings is 2. The quantitative estimate of drug-likeness (QED) is 0.243. The number of ether oxygens (including phenoxy) is 1. The molecule has 4 rings (SSSR count). The second kappa shape index (κ2) is 17.8. The first-order valence-corrected chi connectivity index (χ1v) is 14.1. The van der Waals surface area contributed by atoms with Gasteiger partial charge in [0.2, 0.25) is 0 Å². The van der Waals surface area contributed by atoms with E-state index in [2.05, 4.69) is 62.5 Å². The van der Waals surface area contributed by atoms with Gasteiger partial charge in [0.25, 0.3) is 0 Å². The number of allylic oxidation sites excluding steroid dienone is 2. The van der Waals surface area contributed by atoms with Crippen LogP contribution in [0.2, 0.25) is 0 Å². The minimum atomic E-state index is 0.694. The zero-order valence-corrected chi connectivity index (χ0v) is 25.3. The normalized spacial score (nSPS) is 13.1. The number of aromatic nitrogens is 1. The van der Waals surface area contributed by atoms with E-state index in [0.717, 1.165) is 39.4 Å². The van der Waals surface area contributed by atoms with Crippen molar-refractivity contribution < 1.29 is 4.74 Å². The number of likely N-dealkylation sites (N-methyl/N-ethyl adjacent to an activating group) is 1. The minimum Gasteiger partial charge on any atom is -0.457 e. The second-order valence-electron chi connectivity index (χ2n) is 10.2. The van der Waals surface area contributed by atoms with Crippen molar-refractivity contribution in [2.24, 2.45) is 0 Å². The van der Waals surface area contributed by atoms with E-state index < -0.39 is 0 Å². The highest BCUT2D eigenvalue weighted by Crippen LogP contribution is 2.29. The van der Waals surface area contributed by atoms with E-state index >= 15 is 0 Å². The fraction of sp³-hybridized carbons (Fsp3) is 0.343. The van der Waals surface area contributed by atoms with Gasteiger partial charge in [-0.3, -0.25) is 0 Å². The molecule has 0 atom stereocenters. The van der Waals surface area contributed by atoms with Crippen LogP contribution in [0, 0.1) is 0 Å². The Balaban J connectivity index is 0.000000386. The van der Waals surface area contributed by atoms with Crippen molar-refractivity contribution in [1.29, 1.82) is 0 Å². The van der Waals surface area contributed by atoms with Gasteiger partial charge in [-0.05, 0) is 108 Å². The van der Waals surface area contributed by atoms with Crippen molar-refractivity contribution in [2.45, 2.75) is 26.2 Å². The monoisotopic (exact) mass is 540 g/mol. The standard InChI is InChI=1S/C25H24N2O.C5H11N.C5H13N/c1-5-11-19(6-2)18-27(4)25-16-20(7-3)23-17-22(14-15-24(23)26-25)28-21-12-9-8-10-13-21;1-6-4-2-3-5-6;1-4-5-6(2)3/h5-17H,1-3,18H2,4H3;2-5H2,1H3;4-5H2,1-3H3/b19-11+;;. The molecule has 0 aliphatic carbocycles. The minimum absolute atomic E-state index is 0.694. The Morgan fingerprint density at radius 1 is 0.975 bits per heavy atom. The van der Waals surface area contributed by atoms with Crippen molar-refractivity contribution >= 4 is 22.8 Å². The lowest BCUT2D eigenvalue weighted by molar-refractivity contribution is 0.408. The maximum absolute atomic E-state index is 5.96. The third kappa shape index (κ3) is 11.2. The number of rotatable bonds is 10. The fourth-order valence-electron chi connectivity index (χ4n) is 4.28. The molecular weight excluding hydrogens is 492 g/mol. The first-order chi connectivity index (χ1) is 19.3.